The summed E-state index contributed by atoms with van der Waals surface area (Å²) in [5.41, 5.74) is 0.686. The molecular weight excluding hydrogens is 242 g/mol. The van der Waals surface area contributed by atoms with Crippen molar-refractivity contribution in [3.63, 3.8) is 0 Å². The normalized spacial score (nSPS) is 10.8. The first-order valence-electron chi connectivity index (χ1n) is 3.67. The molecule has 0 unspecified atom stereocenters. The van der Waals surface area contributed by atoms with Crippen molar-refractivity contribution < 1.29 is 4.39 Å². The Hall–Kier alpha value is -0.0800. The Morgan fingerprint density at radius 2 is 2.00 bits per heavy atom. The lowest BCUT2D eigenvalue weighted by Crippen LogP contribution is -1.93. The lowest BCUT2D eigenvalue weighted by atomic mass is 10.0. The van der Waals surface area contributed by atoms with Crippen LogP contribution in [0.1, 0.15) is 25.3 Å². The Morgan fingerprint density at radius 1 is 1.42 bits per heavy atom. The van der Waals surface area contributed by atoms with Crippen molar-refractivity contribution in [2.45, 2.75) is 19.8 Å². The molecule has 0 nitrogen and oxygen atoms in total. The highest BCUT2D eigenvalue weighted by atomic mass is 79.9. The van der Waals surface area contributed by atoms with Gasteiger partial charge in [-0.15, -0.1) is 0 Å². The van der Waals surface area contributed by atoms with Gasteiger partial charge >= 0.3 is 0 Å². The summed E-state index contributed by atoms with van der Waals surface area (Å²) in [5, 5.41) is 0.414. The van der Waals surface area contributed by atoms with Gasteiger partial charge in [-0.25, -0.2) is 4.39 Å². The van der Waals surface area contributed by atoms with Gasteiger partial charge in [-0.2, -0.15) is 0 Å². The average molecular weight is 252 g/mol. The molecule has 1 aromatic carbocycles. The molecule has 1 aromatic rings. The van der Waals surface area contributed by atoms with Crippen LogP contribution in [-0.2, 0) is 0 Å². The zero-order valence-corrected chi connectivity index (χ0v) is 9.21. The molecule has 0 heterocycles. The van der Waals surface area contributed by atoms with Crippen LogP contribution in [0.2, 0.25) is 5.02 Å². The van der Waals surface area contributed by atoms with E-state index >= 15 is 0 Å². The van der Waals surface area contributed by atoms with E-state index in [9.17, 15) is 4.39 Å². The zero-order valence-electron chi connectivity index (χ0n) is 6.87. The van der Waals surface area contributed by atoms with Gasteiger partial charge < -0.3 is 0 Å². The molecule has 66 valence electrons. The molecule has 0 aromatic heterocycles. The topological polar surface area (TPSA) is 0 Å². The summed E-state index contributed by atoms with van der Waals surface area (Å²) >= 11 is 8.80. The zero-order chi connectivity index (χ0) is 9.30. The number of benzene rings is 1. The molecule has 0 fully saturated rings. The van der Waals surface area contributed by atoms with Gasteiger partial charge in [-0.05, 0) is 33.5 Å². The predicted molar refractivity (Wildman–Crippen MR) is 53.2 cm³/mol. The first-order chi connectivity index (χ1) is 5.54. The fraction of sp³-hybridized carbons (Fsp3) is 0.333. The number of rotatable bonds is 1. The standard InChI is InChI=1S/C9H9BrClF/c1-5(2)6-3-4-7(11)8(10)9(6)12/h3-5H,1-2H3. The van der Waals surface area contributed by atoms with Crippen LogP contribution < -0.4 is 0 Å². The Bertz CT molecular complexity index is 297. The molecule has 0 spiro atoms. The quantitative estimate of drug-likeness (QED) is 0.650. The summed E-state index contributed by atoms with van der Waals surface area (Å²) in [6, 6.07) is 3.41. The first-order valence-corrected chi connectivity index (χ1v) is 4.84. The van der Waals surface area contributed by atoms with E-state index in [-0.39, 0.29) is 11.7 Å². The molecule has 0 atom stereocenters. The second kappa shape index (κ2) is 3.75. The van der Waals surface area contributed by atoms with Gasteiger partial charge in [-0.3, -0.25) is 0 Å². The molecule has 0 aliphatic rings. The third-order valence-corrected chi connectivity index (χ3v) is 3.01. The maximum absolute atomic E-state index is 13.4. The van der Waals surface area contributed by atoms with Crippen LogP contribution in [0.4, 0.5) is 4.39 Å². The number of hydrogen-bond donors (Lipinski definition) is 0. The van der Waals surface area contributed by atoms with Crippen LogP contribution in [0.3, 0.4) is 0 Å². The molecular formula is C9H9BrClF. The largest absolute Gasteiger partial charge is 0.205 e. The maximum atomic E-state index is 13.4. The molecule has 0 amide bonds. The van der Waals surface area contributed by atoms with Gasteiger partial charge in [0, 0.05) is 0 Å². The van der Waals surface area contributed by atoms with Gasteiger partial charge in [0.1, 0.15) is 5.82 Å². The molecule has 1 rings (SSSR count). The van der Waals surface area contributed by atoms with Crippen molar-refractivity contribution in [2.75, 3.05) is 0 Å². The molecule has 0 radical (unpaired) electrons. The second-order valence-electron chi connectivity index (χ2n) is 2.92. The van der Waals surface area contributed by atoms with Crippen molar-refractivity contribution in [2.24, 2.45) is 0 Å². The maximum Gasteiger partial charge on any atom is 0.142 e. The average Bonchev–Trinajstić information content (AvgIpc) is 2.00. The Kier molecular flexibility index (Phi) is 3.13. The minimum absolute atomic E-state index is 0.179. The highest BCUT2D eigenvalue weighted by Crippen LogP contribution is 2.30. The summed E-state index contributed by atoms with van der Waals surface area (Å²) in [6.45, 7) is 3.89. The third-order valence-electron chi connectivity index (χ3n) is 1.69. The highest BCUT2D eigenvalue weighted by molar-refractivity contribution is 9.10. The van der Waals surface area contributed by atoms with Crippen molar-refractivity contribution in [3.8, 4) is 0 Å². The van der Waals surface area contributed by atoms with Crippen LogP contribution in [0, 0.1) is 5.82 Å². The summed E-state index contributed by atoms with van der Waals surface area (Å²) in [7, 11) is 0. The van der Waals surface area contributed by atoms with E-state index in [1.54, 1.807) is 12.1 Å². The Balaban J connectivity index is 3.27. The number of hydrogen-bond acceptors (Lipinski definition) is 0. The molecule has 3 heteroatoms. The van der Waals surface area contributed by atoms with E-state index in [2.05, 4.69) is 15.9 Å². The molecule has 0 aliphatic carbocycles. The molecule has 0 bridgehead atoms. The minimum Gasteiger partial charge on any atom is -0.205 e. The van der Waals surface area contributed by atoms with E-state index in [1.165, 1.54) is 0 Å². The Labute approximate surface area is 84.9 Å². The lowest BCUT2D eigenvalue weighted by Gasteiger charge is -2.08. The van der Waals surface area contributed by atoms with Crippen LogP contribution >= 0.6 is 27.5 Å². The van der Waals surface area contributed by atoms with Crippen LogP contribution in [0.5, 0.6) is 0 Å². The van der Waals surface area contributed by atoms with E-state index in [4.69, 9.17) is 11.6 Å². The van der Waals surface area contributed by atoms with Crippen molar-refractivity contribution in [3.05, 3.63) is 33.0 Å². The molecule has 0 saturated carbocycles. The van der Waals surface area contributed by atoms with Crippen LogP contribution in [0.25, 0.3) is 0 Å². The van der Waals surface area contributed by atoms with Crippen LogP contribution in [0.15, 0.2) is 16.6 Å². The monoisotopic (exact) mass is 250 g/mol. The van der Waals surface area contributed by atoms with Gasteiger partial charge in [0.25, 0.3) is 0 Å². The fourth-order valence-corrected chi connectivity index (χ4v) is 1.49. The van der Waals surface area contributed by atoms with E-state index in [0.29, 0.717) is 15.1 Å². The van der Waals surface area contributed by atoms with E-state index in [1.807, 2.05) is 13.8 Å². The highest BCUT2D eigenvalue weighted by Gasteiger charge is 2.11. The summed E-state index contributed by atoms with van der Waals surface area (Å²) < 4.78 is 13.7. The van der Waals surface area contributed by atoms with Crippen molar-refractivity contribution in [1.29, 1.82) is 0 Å². The summed E-state index contributed by atoms with van der Waals surface area (Å²) in [6.07, 6.45) is 0. The molecule has 0 N–H and O–H groups in total. The van der Waals surface area contributed by atoms with E-state index in [0.717, 1.165) is 0 Å². The second-order valence-corrected chi connectivity index (χ2v) is 4.12. The smallest absolute Gasteiger partial charge is 0.142 e. The Morgan fingerprint density at radius 3 is 2.50 bits per heavy atom. The fourth-order valence-electron chi connectivity index (χ4n) is 0.987. The minimum atomic E-state index is -0.252. The van der Waals surface area contributed by atoms with Crippen molar-refractivity contribution in [1.82, 2.24) is 0 Å². The predicted octanol–water partition coefficient (Wildman–Crippen LogP) is 4.37. The lowest BCUT2D eigenvalue weighted by molar-refractivity contribution is 0.592. The van der Waals surface area contributed by atoms with Gasteiger partial charge in [-0.1, -0.05) is 31.5 Å². The van der Waals surface area contributed by atoms with Gasteiger partial charge in [0.15, 0.2) is 0 Å². The van der Waals surface area contributed by atoms with E-state index < -0.39 is 0 Å². The summed E-state index contributed by atoms with van der Waals surface area (Å²) in [4.78, 5) is 0. The number of halogens is 3. The molecule has 12 heavy (non-hydrogen) atoms. The third kappa shape index (κ3) is 1.80. The van der Waals surface area contributed by atoms with Crippen molar-refractivity contribution >= 4 is 27.5 Å². The van der Waals surface area contributed by atoms with Gasteiger partial charge in [0.2, 0.25) is 0 Å². The molecule has 0 aliphatic heterocycles. The van der Waals surface area contributed by atoms with Gasteiger partial charge in [0.05, 0.1) is 9.50 Å². The van der Waals surface area contributed by atoms with Crippen LogP contribution in [-0.4, -0.2) is 0 Å². The molecule has 0 saturated heterocycles. The first kappa shape index (κ1) is 10.0. The SMILES string of the molecule is CC(C)c1ccc(Cl)c(Br)c1F. The summed E-state index contributed by atoms with van der Waals surface area (Å²) in [5.74, 6) is -0.0731.